The zero-order chi connectivity index (χ0) is 18.4. The molecule has 1 atom stereocenters. The van der Waals surface area contributed by atoms with E-state index < -0.39 is 52.6 Å². The quantitative estimate of drug-likeness (QED) is 0.645. The van der Waals surface area contributed by atoms with E-state index in [1.54, 1.807) is 0 Å². The Morgan fingerprint density at radius 1 is 1.20 bits per heavy atom. The molecule has 1 spiro atoms. The maximum absolute atomic E-state index is 13.7. The first-order chi connectivity index (χ1) is 11.8. The number of urea groups is 1. The molecule has 1 saturated heterocycles. The minimum atomic E-state index is -1.72. The van der Waals surface area contributed by atoms with Crippen molar-refractivity contribution in [3.63, 3.8) is 0 Å². The van der Waals surface area contributed by atoms with Crippen molar-refractivity contribution in [3.05, 3.63) is 29.6 Å². The highest BCUT2D eigenvalue weighted by molar-refractivity contribution is 6.11. The average molecular weight is 355 g/mol. The Hall–Kier alpha value is -2.58. The zero-order valence-corrected chi connectivity index (χ0v) is 13.4. The van der Waals surface area contributed by atoms with E-state index in [0.717, 1.165) is 23.8 Å². The summed E-state index contributed by atoms with van der Waals surface area (Å²) < 4.78 is 39.8. The van der Waals surface area contributed by atoms with E-state index in [9.17, 15) is 27.6 Å². The molecule has 2 N–H and O–H groups in total. The molecule has 2 fully saturated rings. The van der Waals surface area contributed by atoms with E-state index in [4.69, 9.17) is 0 Å². The minimum Gasteiger partial charge on any atom is -0.323 e. The fourth-order valence-electron chi connectivity index (χ4n) is 3.29. The second-order valence-corrected chi connectivity index (χ2v) is 6.28. The Morgan fingerprint density at radius 3 is 2.48 bits per heavy atom. The number of amides is 4. The summed E-state index contributed by atoms with van der Waals surface area (Å²) in [7, 11) is 0. The molecule has 1 aromatic carbocycles. The highest BCUT2D eigenvalue weighted by atomic mass is 19.2. The van der Waals surface area contributed by atoms with Gasteiger partial charge in [-0.25, -0.2) is 22.9 Å². The summed E-state index contributed by atoms with van der Waals surface area (Å²) in [5.74, 6) is -6.04. The Morgan fingerprint density at radius 2 is 1.84 bits per heavy atom. The maximum Gasteiger partial charge on any atom is 0.325 e. The highest BCUT2D eigenvalue weighted by Gasteiger charge is 2.54. The summed E-state index contributed by atoms with van der Waals surface area (Å²) in [5, 5.41) is 4.71. The number of anilines is 1. The first kappa shape index (κ1) is 17.2. The third kappa shape index (κ3) is 2.73. The summed E-state index contributed by atoms with van der Waals surface area (Å²) >= 11 is 0. The summed E-state index contributed by atoms with van der Waals surface area (Å²) in [6, 6.07) is -0.400. The smallest absolute Gasteiger partial charge is 0.323 e. The summed E-state index contributed by atoms with van der Waals surface area (Å²) in [6.07, 6.45) is 2.58. The van der Waals surface area contributed by atoms with Crippen LogP contribution in [0.2, 0.25) is 0 Å². The number of nitrogens with zero attached hydrogens (tertiary/aromatic N) is 1. The van der Waals surface area contributed by atoms with E-state index in [-0.39, 0.29) is 0 Å². The van der Waals surface area contributed by atoms with E-state index in [1.807, 2.05) is 0 Å². The zero-order valence-electron chi connectivity index (χ0n) is 13.4. The standard InChI is InChI=1S/C16H16F3N3O3/c1-8(13(23)20-10-5-4-9(17)11(18)12(10)19)22-14(24)16(21-15(22)25)6-2-3-7-16/h4-5,8H,2-3,6-7H2,1H3,(H,20,23)(H,21,25). The van der Waals surface area contributed by atoms with Crippen molar-refractivity contribution in [2.24, 2.45) is 0 Å². The fraction of sp³-hybridized carbons (Fsp3) is 0.438. The van der Waals surface area contributed by atoms with Crippen molar-refractivity contribution < 1.29 is 27.6 Å². The summed E-state index contributed by atoms with van der Waals surface area (Å²) in [6.45, 7) is 1.30. The van der Waals surface area contributed by atoms with Crippen LogP contribution in [0.1, 0.15) is 32.6 Å². The number of rotatable bonds is 3. The molecule has 134 valence electrons. The van der Waals surface area contributed by atoms with Gasteiger partial charge in [0, 0.05) is 0 Å². The molecule has 2 aliphatic rings. The third-order valence-electron chi connectivity index (χ3n) is 4.71. The SMILES string of the molecule is CC(C(=O)Nc1ccc(F)c(F)c1F)N1C(=O)NC2(CCCC2)C1=O. The number of halogens is 3. The Labute approximate surface area is 141 Å². The van der Waals surface area contributed by atoms with Gasteiger partial charge in [0.25, 0.3) is 5.91 Å². The van der Waals surface area contributed by atoms with Crippen LogP contribution in [0.5, 0.6) is 0 Å². The van der Waals surface area contributed by atoms with Crippen LogP contribution in [0.15, 0.2) is 12.1 Å². The van der Waals surface area contributed by atoms with Gasteiger partial charge in [0.15, 0.2) is 17.5 Å². The van der Waals surface area contributed by atoms with Crippen molar-refractivity contribution in [2.45, 2.75) is 44.2 Å². The Bertz CT molecular complexity index is 762. The first-order valence-electron chi connectivity index (χ1n) is 7.87. The lowest BCUT2D eigenvalue weighted by atomic mass is 9.97. The summed E-state index contributed by atoms with van der Waals surface area (Å²) in [4.78, 5) is 37.8. The van der Waals surface area contributed by atoms with Crippen LogP contribution in [0.25, 0.3) is 0 Å². The van der Waals surface area contributed by atoms with Crippen LogP contribution in [-0.2, 0) is 9.59 Å². The lowest BCUT2D eigenvalue weighted by Crippen LogP contribution is -2.48. The fourth-order valence-corrected chi connectivity index (χ4v) is 3.29. The van der Waals surface area contributed by atoms with Crippen LogP contribution in [0.3, 0.4) is 0 Å². The molecule has 1 aliphatic carbocycles. The van der Waals surface area contributed by atoms with E-state index >= 15 is 0 Å². The van der Waals surface area contributed by atoms with Gasteiger partial charge in [0.05, 0.1) is 5.69 Å². The van der Waals surface area contributed by atoms with E-state index in [2.05, 4.69) is 10.6 Å². The van der Waals surface area contributed by atoms with Crippen molar-refractivity contribution in [2.75, 3.05) is 5.32 Å². The second-order valence-electron chi connectivity index (χ2n) is 6.28. The number of benzene rings is 1. The van der Waals surface area contributed by atoms with Crippen LogP contribution < -0.4 is 10.6 Å². The summed E-state index contributed by atoms with van der Waals surface area (Å²) in [5.41, 5.74) is -1.54. The van der Waals surface area contributed by atoms with Crippen LogP contribution >= 0.6 is 0 Å². The highest BCUT2D eigenvalue weighted by Crippen LogP contribution is 2.35. The Balaban J connectivity index is 1.78. The molecule has 1 aromatic rings. The van der Waals surface area contributed by atoms with Gasteiger partial charge in [-0.1, -0.05) is 12.8 Å². The van der Waals surface area contributed by atoms with Crippen LogP contribution in [-0.4, -0.2) is 34.3 Å². The maximum atomic E-state index is 13.7. The molecule has 4 amide bonds. The molecule has 1 unspecified atom stereocenters. The number of hydrogen-bond donors (Lipinski definition) is 2. The van der Waals surface area contributed by atoms with Crippen molar-refractivity contribution in [3.8, 4) is 0 Å². The van der Waals surface area contributed by atoms with Crippen molar-refractivity contribution >= 4 is 23.5 Å². The van der Waals surface area contributed by atoms with Crippen LogP contribution in [0, 0.1) is 17.5 Å². The Kier molecular flexibility index (Phi) is 4.18. The van der Waals surface area contributed by atoms with Gasteiger partial charge < -0.3 is 10.6 Å². The molecule has 0 bridgehead atoms. The van der Waals surface area contributed by atoms with Gasteiger partial charge in [-0.3, -0.25) is 9.59 Å². The topological polar surface area (TPSA) is 78.5 Å². The lowest BCUT2D eigenvalue weighted by molar-refractivity contribution is -0.136. The minimum absolute atomic E-state index is 0.497. The van der Waals surface area contributed by atoms with Gasteiger partial charge in [0.1, 0.15) is 11.6 Å². The molecule has 1 aliphatic heterocycles. The monoisotopic (exact) mass is 355 g/mol. The van der Waals surface area contributed by atoms with Gasteiger partial charge >= 0.3 is 6.03 Å². The number of nitrogens with one attached hydrogen (secondary N) is 2. The number of hydrogen-bond acceptors (Lipinski definition) is 3. The normalized spacial score (nSPS) is 20.1. The molecule has 3 rings (SSSR count). The predicted molar refractivity (Wildman–Crippen MR) is 81.0 cm³/mol. The first-order valence-corrected chi connectivity index (χ1v) is 7.87. The molecule has 1 heterocycles. The van der Waals surface area contributed by atoms with E-state index in [0.29, 0.717) is 18.9 Å². The molecule has 0 aromatic heterocycles. The second kappa shape index (κ2) is 6.05. The van der Waals surface area contributed by atoms with Crippen molar-refractivity contribution in [1.82, 2.24) is 10.2 Å². The van der Waals surface area contributed by atoms with Gasteiger partial charge in [0.2, 0.25) is 5.91 Å². The molecular formula is C16H16F3N3O3. The average Bonchev–Trinajstić information content (AvgIpc) is 3.13. The van der Waals surface area contributed by atoms with Gasteiger partial charge in [-0.05, 0) is 31.9 Å². The van der Waals surface area contributed by atoms with Crippen molar-refractivity contribution in [1.29, 1.82) is 0 Å². The number of imide groups is 1. The van der Waals surface area contributed by atoms with E-state index in [1.165, 1.54) is 6.92 Å². The molecular weight excluding hydrogens is 339 g/mol. The lowest BCUT2D eigenvalue weighted by Gasteiger charge is -2.23. The number of carbonyl (C=O) groups excluding carboxylic acids is 3. The predicted octanol–water partition coefficient (Wildman–Crippen LogP) is 2.30. The molecule has 25 heavy (non-hydrogen) atoms. The third-order valence-corrected chi connectivity index (χ3v) is 4.71. The van der Waals surface area contributed by atoms with Gasteiger partial charge in [-0.15, -0.1) is 0 Å². The number of carbonyl (C=O) groups is 3. The van der Waals surface area contributed by atoms with Crippen LogP contribution in [0.4, 0.5) is 23.7 Å². The molecule has 9 heteroatoms. The molecule has 6 nitrogen and oxygen atoms in total. The van der Waals surface area contributed by atoms with Gasteiger partial charge in [-0.2, -0.15) is 0 Å². The molecule has 1 saturated carbocycles. The largest absolute Gasteiger partial charge is 0.325 e. The molecule has 0 radical (unpaired) electrons.